The number of carbonyl (C=O) groups excluding carboxylic acids is 19. The number of benzene rings is 1. The number of para-hydroxylation sites is 1. The maximum absolute atomic E-state index is 14.7. The van der Waals surface area contributed by atoms with Crippen molar-refractivity contribution in [3.05, 3.63) is 36.0 Å². The van der Waals surface area contributed by atoms with Gasteiger partial charge in [-0.3, -0.25) is 101 Å². The number of carboxylic acids is 2. The van der Waals surface area contributed by atoms with Gasteiger partial charge in [-0.1, -0.05) is 52.3 Å². The van der Waals surface area contributed by atoms with Gasteiger partial charge in [0.25, 0.3) is 0 Å². The molecule has 0 aliphatic carbocycles. The van der Waals surface area contributed by atoms with Crippen LogP contribution in [0.15, 0.2) is 30.5 Å². The minimum Gasteiger partial charge on any atom is -0.481 e. The summed E-state index contributed by atoms with van der Waals surface area (Å²) in [4.78, 5) is 285. The second-order valence-corrected chi connectivity index (χ2v) is 29.9. The normalized spacial score (nSPS) is 16.1. The van der Waals surface area contributed by atoms with Crippen molar-refractivity contribution in [3.63, 3.8) is 0 Å². The summed E-state index contributed by atoms with van der Waals surface area (Å²) < 4.78 is 0. The van der Waals surface area contributed by atoms with E-state index in [1.807, 2.05) is 0 Å². The number of nitrogens with one attached hydrogen (secondary N) is 13. The van der Waals surface area contributed by atoms with E-state index in [0.717, 1.165) is 11.8 Å². The Kier molecular flexibility index (Phi) is 44.1. The molecule has 1 radical (unpaired) electrons. The first-order valence-corrected chi connectivity index (χ1v) is 39.5. The van der Waals surface area contributed by atoms with Gasteiger partial charge < -0.3 is 135 Å². The molecule has 1 aromatic carbocycles. The molecule has 3 rings (SSSR count). The number of aliphatic hydroxyl groups excluding tert-OH is 1. The van der Waals surface area contributed by atoms with Crippen LogP contribution in [0, 0.1) is 11.8 Å². The van der Waals surface area contributed by atoms with Crippen LogP contribution in [0.3, 0.4) is 0 Å². The zero-order valence-corrected chi connectivity index (χ0v) is 68.2. The van der Waals surface area contributed by atoms with Crippen molar-refractivity contribution in [3.8, 4) is 0 Å². The minimum atomic E-state index is -2.03. The molecular formula is C75H117N22O24. The molecular weight excluding hydrogens is 1590 g/mol. The number of nitrogens with two attached hydrogens (primary N) is 8. The molecule has 0 saturated carbocycles. The zero-order valence-electron chi connectivity index (χ0n) is 68.2. The number of hydrogen-bond donors (Lipinski definition) is 24. The van der Waals surface area contributed by atoms with Crippen LogP contribution in [0.25, 0.3) is 10.9 Å². The Morgan fingerprint density at radius 1 is 0.479 bits per heavy atom. The number of aliphatic hydroxyl groups is 1. The summed E-state index contributed by atoms with van der Waals surface area (Å²) in [6.45, 7) is 7.65. The number of primary amides is 5. The third kappa shape index (κ3) is 36.0. The number of aromatic amines is 1. The number of aromatic nitrogens is 1. The SMILES string of the molecule is CC[C@H](C)[C@H](N)C(=O)N[C@@H](CC(N)=O)C(=O)N[C@@H](CCC(N)=O)C(=O)N[C@@H](CCC(N)=O)C(=O)N[C@@H](CC(C)C)C(=O)N[C@@H](CC(N)=O)C(=O)N1CCC[C@H]1C(=O)N[C@@H](CCCCN)C(=O)N[C@H](C(=O)N[C@@H](CC(N)=O)C(=O)N[C@@H](CCCCN)C(=O)N[C@@H](Cc1c[nH]c2ccccc12)C(=O)N[C@@H](CCC(=O)O)C(=O)N[C@H]([C]=O)CC(=O)O)[C@@H](C)O. The molecule has 1 fully saturated rings. The number of unbranched alkanes of at least 4 members (excludes halogenated alkanes) is 2. The topological polar surface area (TPSA) is 791 Å². The van der Waals surface area contributed by atoms with Crippen molar-refractivity contribution in [1.82, 2.24) is 73.7 Å². The van der Waals surface area contributed by atoms with Gasteiger partial charge >= 0.3 is 11.9 Å². The Hall–Kier alpha value is -12.3. The zero-order chi connectivity index (χ0) is 91.1. The number of carboxylic acid groups (broad SMARTS) is 2. The molecule has 0 bridgehead atoms. The van der Waals surface area contributed by atoms with Gasteiger partial charge in [0.1, 0.15) is 78.5 Å². The fourth-order valence-electron chi connectivity index (χ4n) is 12.8. The summed E-state index contributed by atoms with van der Waals surface area (Å²) in [5.74, 6) is -23.8. The van der Waals surface area contributed by atoms with Gasteiger partial charge in [0.05, 0.1) is 37.8 Å². The summed E-state index contributed by atoms with van der Waals surface area (Å²) in [5, 5.41) is 58.9. The quantitative estimate of drug-likeness (QED) is 0.0274. The molecule has 18 amide bonds. The maximum atomic E-state index is 14.7. The van der Waals surface area contributed by atoms with Crippen molar-refractivity contribution in [1.29, 1.82) is 0 Å². The van der Waals surface area contributed by atoms with Crippen molar-refractivity contribution < 1.29 is 116 Å². The summed E-state index contributed by atoms with van der Waals surface area (Å²) >= 11 is 0. The lowest BCUT2D eigenvalue weighted by Crippen LogP contribution is -2.62. The van der Waals surface area contributed by atoms with Gasteiger partial charge in [-0.2, -0.15) is 0 Å². The third-order valence-corrected chi connectivity index (χ3v) is 19.5. The second kappa shape index (κ2) is 51.9. The van der Waals surface area contributed by atoms with E-state index in [1.165, 1.54) is 12.5 Å². The molecule has 46 nitrogen and oxygen atoms in total. The van der Waals surface area contributed by atoms with Gasteiger partial charge in [0, 0.05) is 49.3 Å². The monoisotopic (exact) mass is 1710 g/mol. The molecule has 0 spiro atoms. The first-order chi connectivity index (χ1) is 56.9. The molecule has 1 aliphatic rings. The van der Waals surface area contributed by atoms with Crippen LogP contribution in [-0.2, 0) is 107 Å². The van der Waals surface area contributed by atoms with Gasteiger partial charge in [0.15, 0.2) is 0 Å². The number of H-pyrrole nitrogens is 1. The number of aliphatic carboxylic acids is 2. The van der Waals surface area contributed by atoms with Crippen LogP contribution >= 0.6 is 0 Å². The molecule has 46 heteroatoms. The molecule has 1 saturated heterocycles. The smallest absolute Gasteiger partial charge is 0.305 e. The number of rotatable bonds is 58. The highest BCUT2D eigenvalue weighted by Crippen LogP contribution is 2.23. The Morgan fingerprint density at radius 2 is 0.893 bits per heavy atom. The molecule has 16 atom stereocenters. The standard InChI is InChI=1S/C75H117N22O24/c1-6-37(4)61(83)73(119)93-50(31-56(80)102)70(116)88-45(19-22-54(78)100)65(111)87-46(20-23-55(79)101)66(112)91-48(28-36(2)3)68(114)95-52(33-58(82)104)75(121)97-27-13-18-53(97)72(118)90-44(17-10-12-26-77)67(113)96-62(38(5)99)74(120)94-51(32-57(81)103)71(117)86-43(16-9-11-25-76)64(110)92-49(29-39-34-84-42-15-8-7-14-41(39)42)69(115)89-47(21-24-59(105)106)63(109)85-40(35-98)30-60(107)108/h7-8,14-15,34,36-38,40,43-53,61-62,84,99H,6,9-13,16-33,76-77,83H2,1-5H3,(H2,78,100)(H2,79,101)(H2,80,102)(H2,81,103)(H2,82,104)(H,85,109)(H,86,117)(H,87,111)(H,88,116)(H,89,115)(H,90,118)(H,91,112)(H,92,110)(H,93,119)(H,94,120)(H,95,114)(H,96,113)(H,105,106)(H,107,108)/t37-,38+,40-,43-,44-,45-,46-,47-,48-,49-,50-,51-,52-,53-,61-,62-/m0/s1. The first kappa shape index (κ1) is 103. The molecule has 671 valence electrons. The van der Waals surface area contributed by atoms with E-state index in [0.29, 0.717) is 22.9 Å². The van der Waals surface area contributed by atoms with Gasteiger partial charge in [-0.05, 0) is 121 Å². The lowest BCUT2D eigenvalue weighted by molar-refractivity contribution is -0.143. The Bertz CT molecular complexity index is 4010. The number of amides is 18. The molecule has 1 aliphatic heterocycles. The number of fused-ring (bicyclic) bond motifs is 1. The van der Waals surface area contributed by atoms with E-state index in [-0.39, 0.29) is 83.8 Å². The van der Waals surface area contributed by atoms with E-state index in [2.05, 4.69) is 68.8 Å². The van der Waals surface area contributed by atoms with Crippen molar-refractivity contribution >= 4 is 135 Å². The Labute approximate surface area is 696 Å². The average Bonchev–Trinajstić information content (AvgIpc) is 1.73. The molecule has 0 unspecified atom stereocenters. The minimum absolute atomic E-state index is 0.0742. The molecule has 2 aromatic rings. The Morgan fingerprint density at radius 3 is 1.36 bits per heavy atom. The summed E-state index contributed by atoms with van der Waals surface area (Å²) in [7, 11) is 0. The summed E-state index contributed by atoms with van der Waals surface area (Å²) in [6, 6.07) is -17.1. The lowest BCUT2D eigenvalue weighted by Gasteiger charge is -2.31. The number of hydrogen-bond acceptors (Lipinski definition) is 25. The largest absolute Gasteiger partial charge is 0.481 e. The van der Waals surface area contributed by atoms with Crippen LogP contribution in [0.5, 0.6) is 0 Å². The predicted molar refractivity (Wildman–Crippen MR) is 427 cm³/mol. The van der Waals surface area contributed by atoms with E-state index < -0.39 is 285 Å². The summed E-state index contributed by atoms with van der Waals surface area (Å²) in [5.41, 5.74) is 46.0. The predicted octanol–water partition coefficient (Wildman–Crippen LogP) is -8.82. The van der Waals surface area contributed by atoms with Crippen LogP contribution in [0.2, 0.25) is 0 Å². The fraction of sp³-hybridized carbons (Fsp3) is 0.613. The van der Waals surface area contributed by atoms with Crippen molar-refractivity contribution in [2.45, 2.75) is 260 Å². The van der Waals surface area contributed by atoms with Crippen LogP contribution < -0.4 is 110 Å². The second-order valence-electron chi connectivity index (χ2n) is 29.9. The number of carbonyl (C=O) groups is 20. The number of likely N-dealkylation sites (tertiary alicyclic amines) is 1. The maximum Gasteiger partial charge on any atom is 0.305 e. The highest BCUT2D eigenvalue weighted by molar-refractivity contribution is 6.02. The lowest BCUT2D eigenvalue weighted by atomic mass is 9.98. The van der Waals surface area contributed by atoms with Gasteiger partial charge in [-0.25, -0.2) is 0 Å². The van der Waals surface area contributed by atoms with Gasteiger partial charge in [0.2, 0.25) is 113 Å². The average molecular weight is 1710 g/mol. The number of nitrogens with zero attached hydrogens (tertiary/aromatic N) is 1. The van der Waals surface area contributed by atoms with Gasteiger partial charge in [-0.15, -0.1) is 0 Å². The molecule has 2 heterocycles. The molecule has 32 N–H and O–H groups in total. The van der Waals surface area contributed by atoms with E-state index in [9.17, 15) is 116 Å². The third-order valence-electron chi connectivity index (χ3n) is 19.5. The van der Waals surface area contributed by atoms with Crippen LogP contribution in [-0.4, -0.2) is 260 Å². The van der Waals surface area contributed by atoms with Crippen LogP contribution in [0.1, 0.15) is 169 Å². The van der Waals surface area contributed by atoms with Crippen molar-refractivity contribution in [2.75, 3.05) is 19.6 Å². The Balaban J connectivity index is 1.96. The summed E-state index contributed by atoms with van der Waals surface area (Å²) in [6.07, 6.45) is -6.08. The van der Waals surface area contributed by atoms with Crippen LogP contribution in [0.4, 0.5) is 0 Å². The molecule has 1 aromatic heterocycles. The van der Waals surface area contributed by atoms with E-state index in [4.69, 9.17) is 45.9 Å². The van der Waals surface area contributed by atoms with Crippen molar-refractivity contribution in [2.24, 2.45) is 57.7 Å². The van der Waals surface area contributed by atoms with E-state index >= 15 is 0 Å². The highest BCUT2D eigenvalue weighted by atomic mass is 16.4. The first-order valence-electron chi connectivity index (χ1n) is 39.5. The van der Waals surface area contributed by atoms with E-state index in [1.54, 1.807) is 52.0 Å². The fourth-order valence-corrected chi connectivity index (χ4v) is 12.8. The highest BCUT2D eigenvalue weighted by Gasteiger charge is 2.43. The molecule has 121 heavy (non-hydrogen) atoms.